The molecule has 0 spiro atoms. The molecule has 0 N–H and O–H groups in total. The number of carbonyl (C=O) groups excluding carboxylic acids is 1. The smallest absolute Gasteiger partial charge is 0.272 e. The van der Waals surface area contributed by atoms with Gasteiger partial charge >= 0.3 is 0 Å². The molecule has 0 saturated carbocycles. The van der Waals surface area contributed by atoms with Crippen LogP contribution in [0.1, 0.15) is 10.5 Å². The maximum absolute atomic E-state index is 13.4. The van der Waals surface area contributed by atoms with Crippen molar-refractivity contribution in [2.45, 2.75) is 0 Å². The Morgan fingerprint density at radius 3 is 2.55 bits per heavy atom. The van der Waals surface area contributed by atoms with Crippen molar-refractivity contribution in [2.24, 2.45) is 0 Å². The zero-order valence-corrected chi connectivity index (χ0v) is 16.5. The Labute approximate surface area is 171 Å². The summed E-state index contributed by atoms with van der Waals surface area (Å²) in [7, 11) is 0. The van der Waals surface area contributed by atoms with Crippen LogP contribution in [0.25, 0.3) is 17.1 Å². The summed E-state index contributed by atoms with van der Waals surface area (Å²) in [6, 6.07) is 15.2. The fourth-order valence-corrected chi connectivity index (χ4v) is 4.18. The van der Waals surface area contributed by atoms with Crippen LogP contribution >= 0.6 is 11.3 Å². The Bertz CT molecular complexity index is 1080. The second-order valence-electron chi connectivity index (χ2n) is 6.73. The van der Waals surface area contributed by atoms with Crippen LogP contribution in [0.2, 0.25) is 0 Å². The molecule has 8 heteroatoms. The number of amides is 1. The highest BCUT2D eigenvalue weighted by molar-refractivity contribution is 7.13. The second kappa shape index (κ2) is 7.56. The van der Waals surface area contributed by atoms with Gasteiger partial charge in [0.1, 0.15) is 11.4 Å². The van der Waals surface area contributed by atoms with E-state index >= 15 is 0 Å². The van der Waals surface area contributed by atoms with E-state index in [4.69, 9.17) is 4.42 Å². The van der Waals surface area contributed by atoms with Gasteiger partial charge in [0.2, 0.25) is 0 Å². The van der Waals surface area contributed by atoms with Gasteiger partial charge < -0.3 is 14.2 Å². The number of rotatable bonds is 4. The number of anilines is 1. The minimum Gasteiger partial charge on any atom is -0.463 e. The Morgan fingerprint density at radius 1 is 1.03 bits per heavy atom. The Hall–Kier alpha value is -3.39. The van der Waals surface area contributed by atoms with Gasteiger partial charge in [0.15, 0.2) is 10.9 Å². The maximum Gasteiger partial charge on any atom is 0.272 e. The minimum atomic E-state index is -0.0297. The molecule has 0 bridgehead atoms. The molecule has 1 aliphatic heterocycles. The normalized spacial score (nSPS) is 14.3. The maximum atomic E-state index is 13.4. The number of hydrogen-bond donors (Lipinski definition) is 0. The lowest BCUT2D eigenvalue weighted by Gasteiger charge is -2.34. The number of para-hydroxylation sites is 1. The largest absolute Gasteiger partial charge is 0.463 e. The molecule has 0 radical (unpaired) electrons. The van der Waals surface area contributed by atoms with Crippen LogP contribution in [-0.4, -0.2) is 51.8 Å². The van der Waals surface area contributed by atoms with Crippen molar-refractivity contribution in [1.29, 1.82) is 0 Å². The van der Waals surface area contributed by atoms with Crippen LogP contribution in [0, 0.1) is 0 Å². The first-order valence-electron chi connectivity index (χ1n) is 9.43. The number of thiazole rings is 1. The van der Waals surface area contributed by atoms with Crippen molar-refractivity contribution in [3.05, 3.63) is 72.1 Å². The van der Waals surface area contributed by atoms with E-state index in [0.29, 0.717) is 30.2 Å². The summed E-state index contributed by atoms with van der Waals surface area (Å²) in [5.74, 6) is 0.611. The van der Waals surface area contributed by atoms with E-state index in [1.165, 1.54) is 0 Å². The summed E-state index contributed by atoms with van der Waals surface area (Å²) in [6.07, 6.45) is 3.42. The van der Waals surface area contributed by atoms with E-state index in [2.05, 4.69) is 15.0 Å². The number of piperazine rings is 1. The predicted octanol–water partition coefficient (Wildman–Crippen LogP) is 3.55. The third kappa shape index (κ3) is 3.42. The third-order valence-electron chi connectivity index (χ3n) is 4.96. The summed E-state index contributed by atoms with van der Waals surface area (Å²) in [5, 5.41) is 7.63. The first kappa shape index (κ1) is 17.7. The molecule has 5 rings (SSSR count). The van der Waals surface area contributed by atoms with Gasteiger partial charge in [-0.25, -0.2) is 9.67 Å². The van der Waals surface area contributed by atoms with Gasteiger partial charge in [0.05, 0.1) is 12.0 Å². The van der Waals surface area contributed by atoms with Gasteiger partial charge in [-0.1, -0.05) is 18.2 Å². The highest BCUT2D eigenvalue weighted by Crippen LogP contribution is 2.24. The van der Waals surface area contributed by atoms with Gasteiger partial charge in [0.25, 0.3) is 5.91 Å². The van der Waals surface area contributed by atoms with Crippen LogP contribution in [-0.2, 0) is 0 Å². The van der Waals surface area contributed by atoms with Crippen molar-refractivity contribution >= 4 is 22.4 Å². The summed E-state index contributed by atoms with van der Waals surface area (Å²) >= 11 is 1.62. The highest BCUT2D eigenvalue weighted by atomic mass is 32.1. The Kier molecular flexibility index (Phi) is 4.61. The third-order valence-corrected chi connectivity index (χ3v) is 5.79. The number of furan rings is 1. The van der Waals surface area contributed by atoms with E-state index in [-0.39, 0.29) is 5.91 Å². The summed E-state index contributed by atoms with van der Waals surface area (Å²) in [6.45, 7) is 2.83. The molecule has 0 unspecified atom stereocenters. The quantitative estimate of drug-likeness (QED) is 0.519. The lowest BCUT2D eigenvalue weighted by molar-refractivity contribution is 0.0737. The molecule has 4 heterocycles. The average molecular weight is 405 g/mol. The fraction of sp³-hybridized carbons (Fsp3) is 0.190. The van der Waals surface area contributed by atoms with Crippen molar-refractivity contribution in [1.82, 2.24) is 19.7 Å². The zero-order chi connectivity index (χ0) is 19.6. The molecule has 4 aromatic rings. The van der Waals surface area contributed by atoms with Crippen molar-refractivity contribution in [3.63, 3.8) is 0 Å². The molecule has 3 aromatic heterocycles. The minimum absolute atomic E-state index is 0.0297. The summed E-state index contributed by atoms with van der Waals surface area (Å²) in [4.78, 5) is 21.8. The number of carbonyl (C=O) groups is 1. The van der Waals surface area contributed by atoms with Gasteiger partial charge in [-0.2, -0.15) is 5.10 Å². The predicted molar refractivity (Wildman–Crippen MR) is 111 cm³/mol. The molecule has 29 heavy (non-hydrogen) atoms. The molecule has 1 saturated heterocycles. The lowest BCUT2D eigenvalue weighted by Crippen LogP contribution is -2.49. The van der Waals surface area contributed by atoms with Gasteiger partial charge in [0, 0.05) is 43.8 Å². The lowest BCUT2D eigenvalue weighted by atomic mass is 10.2. The molecular formula is C21H19N5O2S. The van der Waals surface area contributed by atoms with E-state index in [1.807, 2.05) is 58.9 Å². The Morgan fingerprint density at radius 2 is 1.86 bits per heavy atom. The van der Waals surface area contributed by atoms with Gasteiger partial charge in [-0.3, -0.25) is 4.79 Å². The molecular weight excluding hydrogens is 386 g/mol. The first-order valence-corrected chi connectivity index (χ1v) is 10.3. The number of hydrogen-bond acceptors (Lipinski definition) is 6. The monoisotopic (exact) mass is 405 g/mol. The summed E-state index contributed by atoms with van der Waals surface area (Å²) in [5.41, 5.74) is 2.02. The van der Waals surface area contributed by atoms with Crippen LogP contribution in [0.4, 0.5) is 5.13 Å². The molecule has 1 aromatic carbocycles. The van der Waals surface area contributed by atoms with Crippen molar-refractivity contribution in [2.75, 3.05) is 31.1 Å². The molecule has 1 aliphatic rings. The second-order valence-corrected chi connectivity index (χ2v) is 7.61. The van der Waals surface area contributed by atoms with Crippen LogP contribution in [0.3, 0.4) is 0 Å². The molecule has 0 aliphatic carbocycles. The number of nitrogens with zero attached hydrogens (tertiary/aromatic N) is 5. The van der Waals surface area contributed by atoms with Crippen molar-refractivity contribution < 1.29 is 9.21 Å². The Balaban J connectivity index is 1.43. The highest BCUT2D eigenvalue weighted by Gasteiger charge is 2.27. The molecule has 1 amide bonds. The number of benzene rings is 1. The topological polar surface area (TPSA) is 67.4 Å². The zero-order valence-electron chi connectivity index (χ0n) is 15.6. The van der Waals surface area contributed by atoms with E-state index in [0.717, 1.165) is 23.9 Å². The van der Waals surface area contributed by atoms with Gasteiger partial charge in [-0.05, 0) is 24.3 Å². The van der Waals surface area contributed by atoms with E-state index < -0.39 is 0 Å². The average Bonchev–Trinajstić information content (AvgIpc) is 3.55. The SMILES string of the molecule is O=C(c1cc(-c2ccco2)nn1-c1ccccc1)N1CCN(c2nccs2)CC1. The molecule has 0 atom stereocenters. The molecule has 146 valence electrons. The standard InChI is InChI=1S/C21H19N5O2S/c27-20(24-9-11-25(12-10-24)21-22-8-14-29-21)18-15-17(19-7-4-13-28-19)23-26(18)16-5-2-1-3-6-16/h1-8,13-15H,9-12H2. The van der Waals surface area contributed by atoms with E-state index in [9.17, 15) is 4.79 Å². The summed E-state index contributed by atoms with van der Waals surface area (Å²) < 4.78 is 7.19. The number of aromatic nitrogens is 3. The fourth-order valence-electron chi connectivity index (χ4n) is 3.48. The van der Waals surface area contributed by atoms with E-state index in [1.54, 1.807) is 28.3 Å². The molecule has 7 nitrogen and oxygen atoms in total. The van der Waals surface area contributed by atoms with Crippen LogP contribution in [0.15, 0.2) is 70.8 Å². The van der Waals surface area contributed by atoms with Gasteiger partial charge in [-0.15, -0.1) is 11.3 Å². The molecule has 1 fully saturated rings. The van der Waals surface area contributed by atoms with Crippen LogP contribution < -0.4 is 4.90 Å². The first-order chi connectivity index (χ1) is 14.3. The van der Waals surface area contributed by atoms with Crippen molar-refractivity contribution in [3.8, 4) is 17.1 Å². The van der Waals surface area contributed by atoms with Crippen LogP contribution in [0.5, 0.6) is 0 Å².